The molecule has 0 aromatic heterocycles. The SMILES string of the molecule is COC(=O)[C@]12CCC(C)(C)C[C@H]1C1=C[C@@H](O)[C@@H]3[C@@]4(C)CC[C@H](OC(C)=O)C(C)(C)[C@@H]4CC[C@@]3(C)[C@]1(C)CC2. The number of aliphatic hydroxyl groups excluding tert-OH is 1. The molecule has 0 saturated heterocycles. The Balaban J connectivity index is 1.60. The highest BCUT2D eigenvalue weighted by molar-refractivity contribution is 5.78. The summed E-state index contributed by atoms with van der Waals surface area (Å²) in [5.74, 6) is 0.361. The Bertz CT molecular complexity index is 1040. The third kappa shape index (κ3) is 3.58. The van der Waals surface area contributed by atoms with E-state index in [4.69, 9.17) is 9.47 Å². The standard InChI is InChI=1S/C33H52O5/c1-20(34)38-25-11-12-30(6)24(29(25,4)5)10-13-32(8)26(30)23(35)18-21-22-19-28(2,3)14-16-33(22,27(36)37-9)17-15-31(21,32)7/h18,22-26,35H,10-17,19H2,1-9H3/t22-,23+,24-,25-,26+,30-,31+,32+,33-/m0/s1. The van der Waals surface area contributed by atoms with Crippen LogP contribution < -0.4 is 0 Å². The van der Waals surface area contributed by atoms with E-state index in [0.717, 1.165) is 57.8 Å². The summed E-state index contributed by atoms with van der Waals surface area (Å²) in [6, 6.07) is 0. The van der Waals surface area contributed by atoms with Gasteiger partial charge < -0.3 is 14.6 Å². The molecule has 4 saturated carbocycles. The molecule has 0 amide bonds. The Labute approximate surface area is 230 Å². The highest BCUT2D eigenvalue weighted by Crippen LogP contribution is 2.75. The number of carbonyl (C=O) groups is 2. The van der Waals surface area contributed by atoms with Gasteiger partial charge in [-0.15, -0.1) is 0 Å². The van der Waals surface area contributed by atoms with Crippen LogP contribution in [0.25, 0.3) is 0 Å². The first kappa shape index (κ1) is 28.2. The second-order valence-electron chi connectivity index (χ2n) is 16.0. The number of esters is 2. The topological polar surface area (TPSA) is 72.8 Å². The van der Waals surface area contributed by atoms with Crippen molar-refractivity contribution in [3.8, 4) is 0 Å². The van der Waals surface area contributed by atoms with Crippen molar-refractivity contribution >= 4 is 11.9 Å². The minimum absolute atomic E-state index is 0.0519. The number of aliphatic hydroxyl groups is 1. The van der Waals surface area contributed by atoms with Crippen LogP contribution in [0.5, 0.6) is 0 Å². The summed E-state index contributed by atoms with van der Waals surface area (Å²) in [6.45, 7) is 18.1. The second-order valence-corrected chi connectivity index (χ2v) is 16.0. The summed E-state index contributed by atoms with van der Waals surface area (Å²) in [6.07, 6.45) is 10.2. The van der Waals surface area contributed by atoms with Crippen LogP contribution in [0.3, 0.4) is 0 Å². The predicted octanol–water partition coefficient (Wildman–Crippen LogP) is 6.86. The zero-order valence-electron chi connectivity index (χ0n) is 25.4. The largest absolute Gasteiger partial charge is 0.469 e. The fourth-order valence-electron chi connectivity index (χ4n) is 11.3. The van der Waals surface area contributed by atoms with E-state index in [9.17, 15) is 14.7 Å². The number of rotatable bonds is 2. The normalized spacial score (nSPS) is 48.8. The van der Waals surface area contributed by atoms with Gasteiger partial charge in [-0.2, -0.15) is 0 Å². The molecule has 5 aliphatic rings. The predicted molar refractivity (Wildman–Crippen MR) is 148 cm³/mol. The van der Waals surface area contributed by atoms with E-state index in [-0.39, 0.29) is 57.0 Å². The molecule has 5 rings (SSSR count). The summed E-state index contributed by atoms with van der Waals surface area (Å²) < 4.78 is 11.3. The van der Waals surface area contributed by atoms with Gasteiger partial charge in [-0.1, -0.05) is 60.1 Å². The van der Waals surface area contributed by atoms with Crippen molar-refractivity contribution in [1.29, 1.82) is 0 Å². The molecule has 0 heterocycles. The zero-order valence-corrected chi connectivity index (χ0v) is 25.4. The van der Waals surface area contributed by atoms with Crippen molar-refractivity contribution in [2.75, 3.05) is 7.11 Å². The fourth-order valence-corrected chi connectivity index (χ4v) is 11.3. The van der Waals surface area contributed by atoms with Gasteiger partial charge in [-0.05, 0) is 91.3 Å². The molecular formula is C33H52O5. The second kappa shape index (κ2) is 8.57. The molecule has 4 fully saturated rings. The first-order valence-electron chi connectivity index (χ1n) is 15.1. The van der Waals surface area contributed by atoms with Crippen LogP contribution in [-0.4, -0.2) is 36.4 Å². The van der Waals surface area contributed by atoms with E-state index in [0.29, 0.717) is 5.92 Å². The highest BCUT2D eigenvalue weighted by Gasteiger charge is 2.71. The molecule has 5 aliphatic carbocycles. The van der Waals surface area contributed by atoms with Gasteiger partial charge in [0.2, 0.25) is 0 Å². The van der Waals surface area contributed by atoms with E-state index >= 15 is 0 Å². The Hall–Kier alpha value is -1.36. The minimum atomic E-state index is -0.546. The number of hydrogen-bond acceptors (Lipinski definition) is 5. The molecule has 0 radical (unpaired) electrons. The number of hydrogen-bond donors (Lipinski definition) is 1. The van der Waals surface area contributed by atoms with Gasteiger partial charge in [0.1, 0.15) is 6.10 Å². The van der Waals surface area contributed by atoms with Crippen LogP contribution >= 0.6 is 0 Å². The van der Waals surface area contributed by atoms with E-state index in [1.807, 2.05) is 0 Å². The number of ether oxygens (including phenoxy) is 2. The van der Waals surface area contributed by atoms with Crippen molar-refractivity contribution in [2.45, 2.75) is 125 Å². The lowest BCUT2D eigenvalue weighted by Crippen LogP contribution is -2.68. The first-order valence-corrected chi connectivity index (χ1v) is 15.1. The molecule has 9 atom stereocenters. The summed E-state index contributed by atoms with van der Waals surface area (Å²) in [5, 5.41) is 12.1. The summed E-state index contributed by atoms with van der Waals surface area (Å²) in [5.41, 5.74) is 0.678. The maximum absolute atomic E-state index is 13.4. The molecule has 214 valence electrons. The van der Waals surface area contributed by atoms with Crippen LogP contribution in [0.1, 0.15) is 113 Å². The number of methoxy groups -OCH3 is 1. The Kier molecular flexibility index (Phi) is 6.36. The average molecular weight is 529 g/mol. The van der Waals surface area contributed by atoms with Crippen molar-refractivity contribution in [1.82, 2.24) is 0 Å². The minimum Gasteiger partial charge on any atom is -0.469 e. The third-order valence-corrected chi connectivity index (χ3v) is 13.4. The molecule has 0 bridgehead atoms. The molecule has 0 aromatic carbocycles. The van der Waals surface area contributed by atoms with Crippen molar-refractivity contribution < 1.29 is 24.2 Å². The van der Waals surface area contributed by atoms with Gasteiger partial charge in [-0.25, -0.2) is 0 Å². The number of carbonyl (C=O) groups excluding carboxylic acids is 2. The fraction of sp³-hybridized carbons (Fsp3) is 0.879. The van der Waals surface area contributed by atoms with Crippen molar-refractivity contribution in [2.24, 2.45) is 50.2 Å². The van der Waals surface area contributed by atoms with Crippen molar-refractivity contribution in [3.05, 3.63) is 11.6 Å². The van der Waals surface area contributed by atoms with Crippen molar-refractivity contribution in [3.63, 3.8) is 0 Å². The highest BCUT2D eigenvalue weighted by atomic mass is 16.5. The maximum atomic E-state index is 13.4. The van der Waals surface area contributed by atoms with Gasteiger partial charge in [0.15, 0.2) is 0 Å². The first-order chi connectivity index (χ1) is 17.5. The molecule has 5 nitrogen and oxygen atoms in total. The van der Waals surface area contributed by atoms with Crippen LogP contribution in [0.2, 0.25) is 0 Å². The molecule has 0 aromatic rings. The average Bonchev–Trinajstić information content (AvgIpc) is 2.81. The van der Waals surface area contributed by atoms with Gasteiger partial charge in [0, 0.05) is 18.3 Å². The molecule has 0 spiro atoms. The van der Waals surface area contributed by atoms with Gasteiger partial charge in [0.05, 0.1) is 18.6 Å². The van der Waals surface area contributed by atoms with Crippen LogP contribution in [0.4, 0.5) is 0 Å². The molecule has 38 heavy (non-hydrogen) atoms. The maximum Gasteiger partial charge on any atom is 0.312 e. The van der Waals surface area contributed by atoms with Crippen LogP contribution in [0.15, 0.2) is 11.6 Å². The number of allylic oxidation sites excluding steroid dienone is 1. The van der Waals surface area contributed by atoms with E-state index in [1.54, 1.807) is 7.11 Å². The molecular weight excluding hydrogens is 476 g/mol. The monoisotopic (exact) mass is 528 g/mol. The van der Waals surface area contributed by atoms with E-state index < -0.39 is 11.5 Å². The molecule has 0 aliphatic heterocycles. The van der Waals surface area contributed by atoms with Crippen LogP contribution in [0, 0.1) is 50.2 Å². The van der Waals surface area contributed by atoms with Gasteiger partial charge in [-0.3, -0.25) is 9.59 Å². The quantitative estimate of drug-likeness (QED) is 0.313. The molecule has 1 N–H and O–H groups in total. The lowest BCUT2D eigenvalue weighted by molar-refractivity contribution is -0.230. The smallest absolute Gasteiger partial charge is 0.312 e. The zero-order chi connectivity index (χ0) is 28.1. The Morgan fingerprint density at radius 2 is 1.58 bits per heavy atom. The molecule has 5 heteroatoms. The summed E-state index contributed by atoms with van der Waals surface area (Å²) >= 11 is 0. The number of fused-ring (bicyclic) bond motifs is 7. The lowest BCUT2D eigenvalue weighted by Gasteiger charge is -2.71. The Morgan fingerprint density at radius 1 is 0.921 bits per heavy atom. The third-order valence-electron chi connectivity index (χ3n) is 13.4. The van der Waals surface area contributed by atoms with Gasteiger partial charge in [0.25, 0.3) is 0 Å². The van der Waals surface area contributed by atoms with Crippen LogP contribution in [-0.2, 0) is 19.1 Å². The summed E-state index contributed by atoms with van der Waals surface area (Å²) in [7, 11) is 1.54. The van der Waals surface area contributed by atoms with Gasteiger partial charge >= 0.3 is 11.9 Å². The lowest BCUT2D eigenvalue weighted by atomic mass is 9.33. The van der Waals surface area contributed by atoms with E-state index in [1.165, 1.54) is 12.5 Å². The van der Waals surface area contributed by atoms with E-state index in [2.05, 4.69) is 54.5 Å². The summed E-state index contributed by atoms with van der Waals surface area (Å²) in [4.78, 5) is 25.4. The molecule has 0 unspecified atom stereocenters. The Morgan fingerprint density at radius 3 is 2.21 bits per heavy atom.